The van der Waals surface area contributed by atoms with E-state index in [-0.39, 0.29) is 5.91 Å². The van der Waals surface area contributed by atoms with Gasteiger partial charge in [-0.1, -0.05) is 0 Å². The maximum atomic E-state index is 12.3. The van der Waals surface area contributed by atoms with E-state index in [2.05, 4.69) is 22.4 Å². The number of carbonyl (C=O) groups is 1. The first-order valence-corrected chi connectivity index (χ1v) is 6.06. The van der Waals surface area contributed by atoms with Crippen LogP contribution in [0, 0.1) is 11.8 Å². The molecule has 17 heavy (non-hydrogen) atoms. The molecule has 1 aromatic rings. The third-order valence-corrected chi connectivity index (χ3v) is 4.03. The van der Waals surface area contributed by atoms with Crippen LogP contribution in [0.1, 0.15) is 17.3 Å². The number of carbonyl (C=O) groups excluding carboxylic acids is 1. The minimum absolute atomic E-state index is 0.0850. The Kier molecular flexibility index (Phi) is 2.55. The van der Waals surface area contributed by atoms with Crippen molar-refractivity contribution in [3.63, 3.8) is 0 Å². The predicted octanol–water partition coefficient (Wildman–Crippen LogP) is 0.156. The number of rotatable bonds is 1. The van der Waals surface area contributed by atoms with E-state index in [9.17, 15) is 4.79 Å². The zero-order valence-electron chi connectivity index (χ0n) is 9.84. The SMILES string of the molecule is CC1C2CNCC2CN1C(=O)c1ccnnc1. The van der Waals surface area contributed by atoms with Crippen molar-refractivity contribution < 1.29 is 4.79 Å². The molecule has 0 aliphatic carbocycles. The molecule has 1 aromatic heterocycles. The molecule has 0 saturated carbocycles. The van der Waals surface area contributed by atoms with Crippen LogP contribution in [0.15, 0.2) is 18.5 Å². The zero-order chi connectivity index (χ0) is 11.8. The van der Waals surface area contributed by atoms with Gasteiger partial charge >= 0.3 is 0 Å². The van der Waals surface area contributed by atoms with E-state index in [4.69, 9.17) is 0 Å². The van der Waals surface area contributed by atoms with E-state index < -0.39 is 0 Å². The molecule has 5 heteroatoms. The van der Waals surface area contributed by atoms with Crippen LogP contribution in [0.5, 0.6) is 0 Å². The summed E-state index contributed by atoms with van der Waals surface area (Å²) >= 11 is 0. The van der Waals surface area contributed by atoms with Gasteiger partial charge in [-0.3, -0.25) is 4.79 Å². The van der Waals surface area contributed by atoms with Crippen LogP contribution in [-0.2, 0) is 0 Å². The second-order valence-electron chi connectivity index (χ2n) is 4.91. The van der Waals surface area contributed by atoms with E-state index in [1.807, 2.05) is 4.90 Å². The fourth-order valence-electron chi connectivity index (χ4n) is 3.02. The molecule has 1 N–H and O–H groups in total. The second kappa shape index (κ2) is 4.07. The van der Waals surface area contributed by atoms with Crippen molar-refractivity contribution in [2.45, 2.75) is 13.0 Å². The number of hydrogen-bond acceptors (Lipinski definition) is 4. The van der Waals surface area contributed by atoms with E-state index in [0.29, 0.717) is 23.4 Å². The molecule has 0 spiro atoms. The van der Waals surface area contributed by atoms with Crippen molar-refractivity contribution in [2.75, 3.05) is 19.6 Å². The molecule has 3 atom stereocenters. The Morgan fingerprint density at radius 1 is 1.47 bits per heavy atom. The van der Waals surface area contributed by atoms with E-state index in [1.54, 1.807) is 18.5 Å². The van der Waals surface area contributed by atoms with Gasteiger partial charge in [-0.25, -0.2) is 0 Å². The van der Waals surface area contributed by atoms with Gasteiger partial charge in [0.2, 0.25) is 0 Å². The summed E-state index contributed by atoms with van der Waals surface area (Å²) < 4.78 is 0. The van der Waals surface area contributed by atoms with Crippen molar-refractivity contribution in [3.8, 4) is 0 Å². The fourth-order valence-corrected chi connectivity index (χ4v) is 3.02. The molecule has 90 valence electrons. The van der Waals surface area contributed by atoms with Crippen LogP contribution >= 0.6 is 0 Å². The van der Waals surface area contributed by atoms with Crippen molar-refractivity contribution >= 4 is 5.91 Å². The molecule has 2 aliphatic heterocycles. The van der Waals surface area contributed by atoms with Crippen molar-refractivity contribution in [3.05, 3.63) is 24.0 Å². The van der Waals surface area contributed by atoms with Gasteiger partial charge in [0.15, 0.2) is 0 Å². The third kappa shape index (κ3) is 1.70. The highest BCUT2D eigenvalue weighted by Gasteiger charge is 2.43. The summed E-state index contributed by atoms with van der Waals surface area (Å²) in [6.45, 7) is 5.07. The minimum Gasteiger partial charge on any atom is -0.335 e. The minimum atomic E-state index is 0.0850. The van der Waals surface area contributed by atoms with Gasteiger partial charge in [-0.05, 0) is 24.8 Å². The summed E-state index contributed by atoms with van der Waals surface area (Å²) in [7, 11) is 0. The number of aromatic nitrogens is 2. The number of hydrogen-bond donors (Lipinski definition) is 1. The van der Waals surface area contributed by atoms with Crippen molar-refractivity contribution in [1.82, 2.24) is 20.4 Å². The third-order valence-electron chi connectivity index (χ3n) is 4.03. The predicted molar refractivity (Wildman–Crippen MR) is 62.4 cm³/mol. The number of nitrogens with zero attached hydrogens (tertiary/aromatic N) is 3. The summed E-state index contributed by atoms with van der Waals surface area (Å²) in [6, 6.07) is 2.05. The Bertz CT molecular complexity index is 422. The Labute approximate surface area is 100 Å². The largest absolute Gasteiger partial charge is 0.335 e. The van der Waals surface area contributed by atoms with Crippen LogP contribution in [0.25, 0.3) is 0 Å². The molecule has 5 nitrogen and oxygen atoms in total. The Morgan fingerprint density at radius 2 is 2.35 bits per heavy atom. The molecule has 0 aromatic carbocycles. The monoisotopic (exact) mass is 232 g/mol. The van der Waals surface area contributed by atoms with Gasteiger partial charge in [0.05, 0.1) is 18.0 Å². The van der Waals surface area contributed by atoms with Crippen LogP contribution in [0.4, 0.5) is 0 Å². The molecule has 3 heterocycles. The molecule has 0 bridgehead atoms. The summed E-state index contributed by atoms with van der Waals surface area (Å²) in [4.78, 5) is 14.3. The number of nitrogens with one attached hydrogen (secondary N) is 1. The normalized spacial score (nSPS) is 31.6. The molecule has 2 fully saturated rings. The Balaban J connectivity index is 1.80. The van der Waals surface area contributed by atoms with E-state index >= 15 is 0 Å². The molecule has 0 radical (unpaired) electrons. The standard InChI is InChI=1S/C12H16N4O/c1-8-11-6-13-4-10(11)7-16(8)12(17)9-2-3-14-15-5-9/h2-3,5,8,10-11,13H,4,6-7H2,1H3. The Hall–Kier alpha value is -1.49. The lowest BCUT2D eigenvalue weighted by Crippen LogP contribution is -2.38. The summed E-state index contributed by atoms with van der Waals surface area (Å²) in [6.07, 6.45) is 3.11. The number of amides is 1. The zero-order valence-corrected chi connectivity index (χ0v) is 9.84. The maximum Gasteiger partial charge on any atom is 0.255 e. The smallest absolute Gasteiger partial charge is 0.255 e. The highest BCUT2D eigenvalue weighted by molar-refractivity contribution is 5.94. The lowest BCUT2D eigenvalue weighted by Gasteiger charge is -2.24. The van der Waals surface area contributed by atoms with Crippen LogP contribution < -0.4 is 5.32 Å². The summed E-state index contributed by atoms with van der Waals surface area (Å²) in [5, 5.41) is 10.9. The van der Waals surface area contributed by atoms with Gasteiger partial charge in [0.25, 0.3) is 5.91 Å². The summed E-state index contributed by atoms with van der Waals surface area (Å²) in [5.41, 5.74) is 0.639. The summed E-state index contributed by atoms with van der Waals surface area (Å²) in [5.74, 6) is 1.30. The van der Waals surface area contributed by atoms with Crippen LogP contribution in [0.3, 0.4) is 0 Å². The molecular weight excluding hydrogens is 216 g/mol. The lowest BCUT2D eigenvalue weighted by atomic mass is 9.95. The molecule has 3 rings (SSSR count). The molecular formula is C12H16N4O. The fraction of sp³-hybridized carbons (Fsp3) is 0.583. The topological polar surface area (TPSA) is 58.1 Å². The quantitative estimate of drug-likeness (QED) is 0.749. The highest BCUT2D eigenvalue weighted by atomic mass is 16.2. The molecule has 1 amide bonds. The van der Waals surface area contributed by atoms with Gasteiger partial charge in [0, 0.05) is 25.7 Å². The van der Waals surface area contributed by atoms with Crippen LogP contribution in [-0.4, -0.2) is 46.7 Å². The van der Waals surface area contributed by atoms with E-state index in [0.717, 1.165) is 19.6 Å². The Morgan fingerprint density at radius 3 is 3.06 bits per heavy atom. The average Bonchev–Trinajstić information content (AvgIpc) is 2.93. The molecule has 3 unspecified atom stereocenters. The second-order valence-corrected chi connectivity index (χ2v) is 4.91. The number of likely N-dealkylation sites (tertiary alicyclic amines) is 1. The van der Waals surface area contributed by atoms with Crippen LogP contribution in [0.2, 0.25) is 0 Å². The molecule has 2 aliphatic rings. The lowest BCUT2D eigenvalue weighted by molar-refractivity contribution is 0.0728. The first kappa shape index (κ1) is 10.7. The first-order chi connectivity index (χ1) is 8.27. The van der Waals surface area contributed by atoms with E-state index in [1.165, 1.54) is 0 Å². The maximum absolute atomic E-state index is 12.3. The van der Waals surface area contributed by atoms with Gasteiger partial charge in [-0.15, -0.1) is 0 Å². The highest BCUT2D eigenvalue weighted by Crippen LogP contribution is 2.32. The number of fused-ring (bicyclic) bond motifs is 1. The molecule has 2 saturated heterocycles. The first-order valence-electron chi connectivity index (χ1n) is 6.06. The van der Waals surface area contributed by atoms with Gasteiger partial charge < -0.3 is 10.2 Å². The van der Waals surface area contributed by atoms with Gasteiger partial charge in [-0.2, -0.15) is 10.2 Å². The average molecular weight is 232 g/mol. The van der Waals surface area contributed by atoms with Gasteiger partial charge in [0.1, 0.15) is 0 Å². The van der Waals surface area contributed by atoms with Crippen molar-refractivity contribution in [1.29, 1.82) is 0 Å². The van der Waals surface area contributed by atoms with Crippen molar-refractivity contribution in [2.24, 2.45) is 11.8 Å².